The second-order valence-electron chi connectivity index (χ2n) is 5.29. The van der Waals surface area contributed by atoms with Crippen molar-refractivity contribution in [2.45, 2.75) is 19.4 Å². The van der Waals surface area contributed by atoms with Crippen LogP contribution in [0, 0.1) is 11.3 Å². The minimum absolute atomic E-state index is 0.301. The summed E-state index contributed by atoms with van der Waals surface area (Å²) in [7, 11) is 0. The summed E-state index contributed by atoms with van der Waals surface area (Å²) in [6.45, 7) is 1.37. The highest BCUT2D eigenvalue weighted by Crippen LogP contribution is 2.23. The quantitative estimate of drug-likeness (QED) is 0.572. The summed E-state index contributed by atoms with van der Waals surface area (Å²) in [6, 6.07) is 8.31. The molecule has 0 spiro atoms. The number of hydrogen-bond acceptors (Lipinski definition) is 6. The van der Waals surface area contributed by atoms with Gasteiger partial charge in [0, 0.05) is 6.08 Å². The Labute approximate surface area is 161 Å². The summed E-state index contributed by atoms with van der Waals surface area (Å²) in [5.74, 6) is -1.80. The predicted molar refractivity (Wildman–Crippen MR) is 95.4 cm³/mol. The van der Waals surface area contributed by atoms with Crippen LogP contribution in [0.4, 0.5) is 18.2 Å². The van der Waals surface area contributed by atoms with Crippen molar-refractivity contribution in [3.63, 3.8) is 0 Å². The van der Waals surface area contributed by atoms with Gasteiger partial charge in [-0.3, -0.25) is 4.79 Å². The zero-order valence-corrected chi connectivity index (χ0v) is 15.1. The first-order valence-electron chi connectivity index (χ1n) is 7.71. The fourth-order valence-electron chi connectivity index (χ4n) is 1.92. The van der Waals surface area contributed by atoms with Crippen molar-refractivity contribution < 1.29 is 32.2 Å². The van der Waals surface area contributed by atoms with E-state index in [1.165, 1.54) is 25.1 Å². The molecule has 0 saturated carbocycles. The Morgan fingerprint density at radius 1 is 1.25 bits per heavy atom. The molecule has 6 nitrogen and oxygen atoms in total. The maximum atomic E-state index is 12.1. The molecule has 0 bridgehead atoms. The van der Waals surface area contributed by atoms with E-state index in [9.17, 15) is 22.8 Å². The van der Waals surface area contributed by atoms with Gasteiger partial charge in [0.1, 0.15) is 16.8 Å². The minimum atomic E-state index is -4.78. The molecule has 0 fully saturated rings. The van der Waals surface area contributed by atoms with Gasteiger partial charge in [0.25, 0.3) is 5.91 Å². The summed E-state index contributed by atoms with van der Waals surface area (Å²) in [6.07, 6.45) is -3.55. The fourth-order valence-corrected chi connectivity index (χ4v) is 2.66. The van der Waals surface area contributed by atoms with Gasteiger partial charge in [0.15, 0.2) is 6.10 Å². The molecule has 2 aromatic rings. The molecule has 1 aromatic carbocycles. The standard InChI is InChI=1S/C18H13F3N2O4S/c1-11(16(25)23-17-13(10-22)8-9-28-17)26-15(24)7-4-12-2-5-14(6-3-12)27-18(19,20)21/h2-9,11H,1H3,(H,23,25)/b7-4+/t11-/m1/s1. The highest BCUT2D eigenvalue weighted by Gasteiger charge is 2.30. The molecule has 1 N–H and O–H groups in total. The Kier molecular flexibility index (Phi) is 6.79. The first-order valence-corrected chi connectivity index (χ1v) is 8.59. The lowest BCUT2D eigenvalue weighted by molar-refractivity contribution is -0.274. The van der Waals surface area contributed by atoms with E-state index < -0.39 is 24.3 Å². The van der Waals surface area contributed by atoms with E-state index in [0.29, 0.717) is 16.1 Å². The van der Waals surface area contributed by atoms with Crippen LogP contribution in [-0.4, -0.2) is 24.3 Å². The zero-order valence-electron chi connectivity index (χ0n) is 14.3. The third kappa shape index (κ3) is 6.44. The number of amides is 1. The summed E-state index contributed by atoms with van der Waals surface area (Å²) < 4.78 is 45.0. The number of carbonyl (C=O) groups is 2. The van der Waals surface area contributed by atoms with E-state index in [-0.39, 0.29) is 5.75 Å². The second kappa shape index (κ2) is 9.05. The predicted octanol–water partition coefficient (Wildman–Crippen LogP) is 4.10. The molecular formula is C18H13F3N2O4S. The zero-order chi connectivity index (χ0) is 20.7. The van der Waals surface area contributed by atoms with Crippen LogP contribution in [0.15, 0.2) is 41.8 Å². The maximum absolute atomic E-state index is 12.1. The summed E-state index contributed by atoms with van der Waals surface area (Å²) >= 11 is 1.16. The van der Waals surface area contributed by atoms with Crippen LogP contribution >= 0.6 is 11.3 Å². The fraction of sp³-hybridized carbons (Fsp3) is 0.167. The largest absolute Gasteiger partial charge is 0.573 e. The van der Waals surface area contributed by atoms with Crippen LogP contribution in [0.25, 0.3) is 6.08 Å². The topological polar surface area (TPSA) is 88.4 Å². The van der Waals surface area contributed by atoms with Crippen molar-refractivity contribution in [1.29, 1.82) is 5.26 Å². The van der Waals surface area contributed by atoms with Gasteiger partial charge >= 0.3 is 12.3 Å². The van der Waals surface area contributed by atoms with E-state index in [2.05, 4.69) is 10.1 Å². The Hall–Kier alpha value is -3.32. The van der Waals surface area contributed by atoms with Crippen molar-refractivity contribution in [1.82, 2.24) is 0 Å². The van der Waals surface area contributed by atoms with E-state index in [1.54, 1.807) is 11.4 Å². The summed E-state index contributed by atoms with van der Waals surface area (Å²) in [4.78, 5) is 23.8. The molecular weight excluding hydrogens is 397 g/mol. The van der Waals surface area contributed by atoms with Gasteiger partial charge in [-0.15, -0.1) is 24.5 Å². The van der Waals surface area contributed by atoms with Crippen LogP contribution in [-0.2, 0) is 14.3 Å². The van der Waals surface area contributed by atoms with Crippen molar-refractivity contribution in [2.24, 2.45) is 0 Å². The Balaban J connectivity index is 1.88. The van der Waals surface area contributed by atoms with Crippen molar-refractivity contribution in [3.8, 4) is 11.8 Å². The lowest BCUT2D eigenvalue weighted by Gasteiger charge is -2.11. The molecule has 146 valence electrons. The number of nitrogens with one attached hydrogen (secondary N) is 1. The van der Waals surface area contributed by atoms with Gasteiger partial charge < -0.3 is 14.8 Å². The number of halogens is 3. The van der Waals surface area contributed by atoms with Crippen LogP contribution in [0.2, 0.25) is 0 Å². The molecule has 10 heteroatoms. The number of thiophene rings is 1. The number of nitriles is 1. The molecule has 1 amide bonds. The Morgan fingerprint density at radius 3 is 2.54 bits per heavy atom. The van der Waals surface area contributed by atoms with Gasteiger partial charge in [-0.25, -0.2) is 4.79 Å². The van der Waals surface area contributed by atoms with Crippen LogP contribution < -0.4 is 10.1 Å². The third-order valence-corrected chi connectivity index (χ3v) is 4.04. The second-order valence-corrected chi connectivity index (χ2v) is 6.21. The molecule has 0 unspecified atom stereocenters. The number of nitrogens with zero attached hydrogens (tertiary/aromatic N) is 1. The van der Waals surface area contributed by atoms with E-state index in [0.717, 1.165) is 29.5 Å². The van der Waals surface area contributed by atoms with Gasteiger partial charge in [-0.2, -0.15) is 5.26 Å². The average Bonchev–Trinajstić information content (AvgIpc) is 3.07. The van der Waals surface area contributed by atoms with E-state index in [1.807, 2.05) is 6.07 Å². The molecule has 0 aliphatic heterocycles. The van der Waals surface area contributed by atoms with E-state index in [4.69, 9.17) is 10.00 Å². The molecule has 0 aliphatic carbocycles. The molecule has 2 rings (SSSR count). The lowest BCUT2D eigenvalue weighted by Crippen LogP contribution is -2.29. The van der Waals surface area contributed by atoms with Gasteiger partial charge in [-0.1, -0.05) is 12.1 Å². The van der Waals surface area contributed by atoms with Gasteiger partial charge in [0.2, 0.25) is 0 Å². The summed E-state index contributed by atoms with van der Waals surface area (Å²) in [5, 5.41) is 13.4. The normalized spacial score (nSPS) is 12.2. The number of carbonyl (C=O) groups excluding carboxylic acids is 2. The number of ether oxygens (including phenoxy) is 2. The van der Waals surface area contributed by atoms with E-state index >= 15 is 0 Å². The minimum Gasteiger partial charge on any atom is -0.449 e. The number of hydrogen-bond donors (Lipinski definition) is 1. The first-order chi connectivity index (χ1) is 13.2. The first kappa shape index (κ1) is 21.0. The molecule has 28 heavy (non-hydrogen) atoms. The Morgan fingerprint density at radius 2 is 1.93 bits per heavy atom. The highest BCUT2D eigenvalue weighted by atomic mass is 32.1. The van der Waals surface area contributed by atoms with Crippen LogP contribution in [0.5, 0.6) is 5.75 Å². The molecule has 1 heterocycles. The average molecular weight is 410 g/mol. The maximum Gasteiger partial charge on any atom is 0.573 e. The molecule has 0 saturated heterocycles. The highest BCUT2D eigenvalue weighted by molar-refractivity contribution is 7.14. The number of benzene rings is 1. The van der Waals surface area contributed by atoms with Crippen LogP contribution in [0.3, 0.4) is 0 Å². The number of anilines is 1. The summed E-state index contributed by atoms with van der Waals surface area (Å²) in [5.41, 5.74) is 0.732. The van der Waals surface area contributed by atoms with Crippen LogP contribution in [0.1, 0.15) is 18.1 Å². The third-order valence-electron chi connectivity index (χ3n) is 3.21. The van der Waals surface area contributed by atoms with Gasteiger partial charge in [0.05, 0.1) is 5.56 Å². The molecule has 0 aliphatic rings. The number of esters is 1. The smallest absolute Gasteiger partial charge is 0.449 e. The van der Waals surface area contributed by atoms with Crippen molar-refractivity contribution in [2.75, 3.05) is 5.32 Å². The number of rotatable bonds is 6. The lowest BCUT2D eigenvalue weighted by atomic mass is 10.2. The Bertz CT molecular complexity index is 914. The number of alkyl halides is 3. The van der Waals surface area contributed by atoms with Gasteiger partial charge in [-0.05, 0) is 42.1 Å². The molecule has 1 atom stereocenters. The van der Waals surface area contributed by atoms with Crippen molar-refractivity contribution >= 4 is 34.3 Å². The monoisotopic (exact) mass is 410 g/mol. The molecule has 1 aromatic heterocycles. The molecule has 0 radical (unpaired) electrons. The van der Waals surface area contributed by atoms with Crippen molar-refractivity contribution in [3.05, 3.63) is 52.9 Å². The SMILES string of the molecule is C[C@@H](OC(=O)/C=C/c1ccc(OC(F)(F)F)cc1)C(=O)Nc1sccc1C#N.